The van der Waals surface area contributed by atoms with Crippen molar-refractivity contribution in [2.45, 2.75) is 18.8 Å². The molecule has 2 heterocycles. The Kier molecular flexibility index (Phi) is 3.64. The van der Waals surface area contributed by atoms with Crippen LogP contribution < -0.4 is 0 Å². The molecule has 23 heavy (non-hydrogen) atoms. The van der Waals surface area contributed by atoms with E-state index in [0.717, 1.165) is 16.7 Å². The standard InChI is InChI=1S/C18H14Cl2N2O/c19-15-5-2-14(3-6-15)18(11-22-8-7-21-12-22)17-9-16(20)4-1-13(17)10-23-18/h1-9,12H,10-11H2. The Morgan fingerprint density at radius 2 is 1.87 bits per heavy atom. The zero-order valence-electron chi connectivity index (χ0n) is 12.2. The lowest BCUT2D eigenvalue weighted by molar-refractivity contribution is -0.0180. The Morgan fingerprint density at radius 3 is 2.61 bits per heavy atom. The van der Waals surface area contributed by atoms with Crippen LogP contribution in [0.15, 0.2) is 61.2 Å². The summed E-state index contributed by atoms with van der Waals surface area (Å²) in [5.41, 5.74) is 2.72. The first-order valence-corrected chi connectivity index (χ1v) is 8.08. The average molecular weight is 345 g/mol. The predicted molar refractivity (Wildman–Crippen MR) is 90.7 cm³/mol. The molecule has 1 unspecified atom stereocenters. The average Bonchev–Trinajstić information content (AvgIpc) is 3.17. The van der Waals surface area contributed by atoms with Crippen LogP contribution in [0.4, 0.5) is 0 Å². The van der Waals surface area contributed by atoms with Crippen LogP contribution in [0.3, 0.4) is 0 Å². The molecule has 116 valence electrons. The molecule has 1 aliphatic rings. The Hall–Kier alpha value is -1.81. The number of fused-ring (bicyclic) bond motifs is 1. The van der Waals surface area contributed by atoms with Crippen molar-refractivity contribution in [1.29, 1.82) is 0 Å². The van der Waals surface area contributed by atoms with Gasteiger partial charge in [-0.1, -0.05) is 41.4 Å². The van der Waals surface area contributed by atoms with Crippen molar-refractivity contribution >= 4 is 23.2 Å². The first-order valence-electron chi connectivity index (χ1n) is 7.32. The fraction of sp³-hybridized carbons (Fsp3) is 0.167. The molecule has 0 aliphatic carbocycles. The topological polar surface area (TPSA) is 27.1 Å². The number of benzene rings is 2. The van der Waals surface area contributed by atoms with Crippen LogP contribution in [0.25, 0.3) is 0 Å². The SMILES string of the molecule is Clc1ccc(C2(Cn3ccnc3)OCc3ccc(Cl)cc32)cc1. The maximum atomic E-state index is 6.31. The normalized spacial score (nSPS) is 19.7. The summed E-state index contributed by atoms with van der Waals surface area (Å²) < 4.78 is 8.33. The zero-order valence-corrected chi connectivity index (χ0v) is 13.8. The van der Waals surface area contributed by atoms with E-state index in [1.54, 1.807) is 12.5 Å². The van der Waals surface area contributed by atoms with E-state index in [9.17, 15) is 0 Å². The lowest BCUT2D eigenvalue weighted by Gasteiger charge is -2.31. The summed E-state index contributed by atoms with van der Waals surface area (Å²) in [5, 5.41) is 1.41. The fourth-order valence-electron chi connectivity index (χ4n) is 3.15. The minimum Gasteiger partial charge on any atom is -0.359 e. The molecule has 0 fully saturated rings. The molecule has 4 rings (SSSR count). The Bertz CT molecular complexity index is 831. The van der Waals surface area contributed by atoms with E-state index >= 15 is 0 Å². The molecule has 0 amide bonds. The van der Waals surface area contributed by atoms with Gasteiger partial charge in [0.2, 0.25) is 0 Å². The highest BCUT2D eigenvalue weighted by atomic mass is 35.5. The molecular formula is C18H14Cl2N2O. The minimum atomic E-state index is -0.592. The van der Waals surface area contributed by atoms with E-state index in [-0.39, 0.29) is 0 Å². The van der Waals surface area contributed by atoms with Gasteiger partial charge in [0.05, 0.1) is 19.5 Å². The maximum absolute atomic E-state index is 6.31. The number of imidazole rings is 1. The molecule has 0 radical (unpaired) electrons. The van der Waals surface area contributed by atoms with Gasteiger partial charge in [0, 0.05) is 22.4 Å². The molecule has 0 N–H and O–H groups in total. The second-order valence-corrected chi connectivity index (χ2v) is 6.53. The van der Waals surface area contributed by atoms with E-state index in [2.05, 4.69) is 4.98 Å². The maximum Gasteiger partial charge on any atom is 0.137 e. The van der Waals surface area contributed by atoms with Crippen molar-refractivity contribution in [3.63, 3.8) is 0 Å². The van der Waals surface area contributed by atoms with Crippen LogP contribution in [-0.2, 0) is 23.5 Å². The fourth-order valence-corrected chi connectivity index (χ4v) is 3.44. The predicted octanol–water partition coefficient (Wildman–Crippen LogP) is 4.66. The summed E-state index contributed by atoms with van der Waals surface area (Å²) in [7, 11) is 0. The largest absolute Gasteiger partial charge is 0.359 e. The van der Waals surface area contributed by atoms with Gasteiger partial charge in [-0.3, -0.25) is 0 Å². The third kappa shape index (κ3) is 2.55. The molecule has 1 aliphatic heterocycles. The van der Waals surface area contributed by atoms with Crippen LogP contribution in [0.1, 0.15) is 16.7 Å². The Morgan fingerprint density at radius 1 is 1.09 bits per heavy atom. The Labute approximate surface area is 144 Å². The highest BCUT2D eigenvalue weighted by Crippen LogP contribution is 2.44. The van der Waals surface area contributed by atoms with Gasteiger partial charge >= 0.3 is 0 Å². The van der Waals surface area contributed by atoms with Gasteiger partial charge < -0.3 is 9.30 Å². The molecule has 0 saturated carbocycles. The van der Waals surface area contributed by atoms with Gasteiger partial charge in [-0.05, 0) is 41.0 Å². The van der Waals surface area contributed by atoms with Crippen LogP contribution in [0.5, 0.6) is 0 Å². The number of nitrogens with zero attached hydrogens (tertiary/aromatic N) is 2. The third-order valence-corrected chi connectivity index (χ3v) is 4.74. The number of hydrogen-bond donors (Lipinski definition) is 0. The number of rotatable bonds is 3. The summed E-state index contributed by atoms with van der Waals surface area (Å²) in [6, 6.07) is 13.7. The molecule has 3 nitrogen and oxygen atoms in total. The van der Waals surface area contributed by atoms with Crippen LogP contribution in [0.2, 0.25) is 10.0 Å². The van der Waals surface area contributed by atoms with Crippen molar-refractivity contribution in [3.05, 3.63) is 87.9 Å². The van der Waals surface area contributed by atoms with Gasteiger partial charge in [0.1, 0.15) is 5.60 Å². The molecule has 1 aromatic heterocycles. The second kappa shape index (κ2) is 5.68. The van der Waals surface area contributed by atoms with E-state index in [0.29, 0.717) is 23.2 Å². The van der Waals surface area contributed by atoms with E-state index < -0.39 is 5.60 Å². The molecule has 0 bridgehead atoms. The van der Waals surface area contributed by atoms with E-state index in [1.807, 2.05) is 53.2 Å². The number of hydrogen-bond acceptors (Lipinski definition) is 2. The van der Waals surface area contributed by atoms with E-state index in [4.69, 9.17) is 27.9 Å². The first kappa shape index (κ1) is 14.8. The van der Waals surface area contributed by atoms with Crippen LogP contribution in [0, 0.1) is 0 Å². The highest BCUT2D eigenvalue weighted by molar-refractivity contribution is 6.31. The molecule has 0 saturated heterocycles. The highest BCUT2D eigenvalue weighted by Gasteiger charge is 2.42. The van der Waals surface area contributed by atoms with Crippen molar-refractivity contribution < 1.29 is 4.74 Å². The lowest BCUT2D eigenvalue weighted by atomic mass is 9.85. The van der Waals surface area contributed by atoms with Gasteiger partial charge in [0.25, 0.3) is 0 Å². The zero-order chi connectivity index (χ0) is 15.9. The lowest BCUT2D eigenvalue weighted by Crippen LogP contribution is -2.32. The molecule has 3 aromatic rings. The summed E-state index contributed by atoms with van der Waals surface area (Å²) in [5.74, 6) is 0. The summed E-state index contributed by atoms with van der Waals surface area (Å²) in [6.45, 7) is 1.19. The number of ether oxygens (including phenoxy) is 1. The molecule has 0 spiro atoms. The van der Waals surface area contributed by atoms with Crippen molar-refractivity contribution in [3.8, 4) is 0 Å². The van der Waals surface area contributed by atoms with Gasteiger partial charge in [-0.25, -0.2) is 4.98 Å². The quantitative estimate of drug-likeness (QED) is 0.690. The summed E-state index contributed by atoms with van der Waals surface area (Å²) in [6.07, 6.45) is 5.50. The Balaban J connectivity index is 1.89. The molecular weight excluding hydrogens is 331 g/mol. The van der Waals surface area contributed by atoms with Gasteiger partial charge in [-0.15, -0.1) is 0 Å². The van der Waals surface area contributed by atoms with Crippen molar-refractivity contribution in [2.24, 2.45) is 0 Å². The second-order valence-electron chi connectivity index (χ2n) is 5.66. The number of aromatic nitrogens is 2. The minimum absolute atomic E-state index is 0.559. The molecule has 5 heteroatoms. The summed E-state index contributed by atoms with van der Waals surface area (Å²) >= 11 is 12.3. The van der Waals surface area contributed by atoms with Crippen LogP contribution >= 0.6 is 23.2 Å². The van der Waals surface area contributed by atoms with Crippen LogP contribution in [-0.4, -0.2) is 9.55 Å². The molecule has 1 atom stereocenters. The van der Waals surface area contributed by atoms with Crippen molar-refractivity contribution in [2.75, 3.05) is 0 Å². The monoisotopic (exact) mass is 344 g/mol. The summed E-state index contributed by atoms with van der Waals surface area (Å²) in [4.78, 5) is 4.14. The van der Waals surface area contributed by atoms with Gasteiger partial charge in [0.15, 0.2) is 0 Å². The van der Waals surface area contributed by atoms with E-state index in [1.165, 1.54) is 0 Å². The van der Waals surface area contributed by atoms with Gasteiger partial charge in [-0.2, -0.15) is 0 Å². The molecule has 2 aromatic carbocycles. The first-order chi connectivity index (χ1) is 11.2. The van der Waals surface area contributed by atoms with Crippen molar-refractivity contribution in [1.82, 2.24) is 9.55 Å². The third-order valence-electron chi connectivity index (χ3n) is 4.26. The smallest absolute Gasteiger partial charge is 0.137 e. The number of halogens is 2.